The monoisotopic (exact) mass is 233 g/mol. The second-order valence-corrected chi connectivity index (χ2v) is 3.71. The zero-order valence-electron chi connectivity index (χ0n) is 9.02. The van der Waals surface area contributed by atoms with Gasteiger partial charge in [-0.3, -0.25) is 4.79 Å². The van der Waals surface area contributed by atoms with Crippen LogP contribution in [0.15, 0.2) is 22.8 Å². The fraction of sp³-hybridized carbons (Fsp3) is 0.500. The molecule has 0 amide bonds. The summed E-state index contributed by atoms with van der Waals surface area (Å²) in [6.45, 7) is 3.46. The van der Waals surface area contributed by atoms with E-state index in [-0.39, 0.29) is 18.4 Å². The van der Waals surface area contributed by atoms with Crippen molar-refractivity contribution >= 4 is 18.4 Å². The molecule has 0 aliphatic heterocycles. The quantitative estimate of drug-likeness (QED) is 0.810. The Balaban J connectivity index is 0.00000196. The van der Waals surface area contributed by atoms with Gasteiger partial charge in [-0.1, -0.05) is 0 Å². The highest BCUT2D eigenvalue weighted by atomic mass is 35.5. The van der Waals surface area contributed by atoms with Crippen molar-refractivity contribution in [2.24, 2.45) is 11.1 Å². The van der Waals surface area contributed by atoms with Crippen LogP contribution in [0.4, 0.5) is 0 Å². The van der Waals surface area contributed by atoms with Crippen LogP contribution in [0.5, 0.6) is 0 Å². The lowest BCUT2D eigenvalue weighted by Crippen LogP contribution is -2.37. The van der Waals surface area contributed by atoms with E-state index in [0.29, 0.717) is 5.76 Å². The number of methoxy groups -OCH3 is 1. The maximum atomic E-state index is 11.4. The van der Waals surface area contributed by atoms with Crippen LogP contribution in [0, 0.1) is 5.41 Å². The summed E-state index contributed by atoms with van der Waals surface area (Å²) in [7, 11) is 1.35. The lowest BCUT2D eigenvalue weighted by atomic mass is 9.83. The van der Waals surface area contributed by atoms with Gasteiger partial charge in [-0.2, -0.15) is 0 Å². The molecule has 1 heterocycles. The number of nitrogens with two attached hydrogens (primary N) is 1. The summed E-state index contributed by atoms with van der Waals surface area (Å²) in [6, 6.07) is 2.99. The van der Waals surface area contributed by atoms with Crippen LogP contribution in [0.2, 0.25) is 0 Å². The Labute approximate surface area is 95.2 Å². The zero-order valence-corrected chi connectivity index (χ0v) is 9.84. The molecule has 1 rings (SSSR count). The molecular formula is C10H16ClNO3. The predicted octanol–water partition coefficient (Wildman–Crippen LogP) is 1.90. The maximum Gasteiger partial charge on any atom is 0.313 e. The number of hydrogen-bond donors (Lipinski definition) is 1. The van der Waals surface area contributed by atoms with E-state index in [1.807, 2.05) is 0 Å². The Morgan fingerprint density at radius 2 is 2.20 bits per heavy atom. The Hall–Kier alpha value is -1.00. The molecule has 0 aliphatic rings. The highest BCUT2D eigenvalue weighted by Gasteiger charge is 2.37. The minimum atomic E-state index is -0.785. The number of furan rings is 1. The lowest BCUT2D eigenvalue weighted by Gasteiger charge is -2.26. The second-order valence-electron chi connectivity index (χ2n) is 3.71. The van der Waals surface area contributed by atoms with Gasteiger partial charge in [-0.15, -0.1) is 12.4 Å². The van der Waals surface area contributed by atoms with E-state index in [9.17, 15) is 4.79 Å². The molecule has 0 saturated heterocycles. The summed E-state index contributed by atoms with van der Waals surface area (Å²) < 4.78 is 9.82. The smallest absolute Gasteiger partial charge is 0.313 e. The van der Waals surface area contributed by atoms with E-state index in [2.05, 4.69) is 4.74 Å². The van der Waals surface area contributed by atoms with Crippen molar-refractivity contribution in [3.05, 3.63) is 24.2 Å². The standard InChI is InChI=1S/C10H15NO3.ClH/c1-10(2,9(12)13-3)8(11)7-5-4-6-14-7;/h4-6,8H,11H2,1-3H3;1H/t8-;/m0./s1. The van der Waals surface area contributed by atoms with Gasteiger partial charge >= 0.3 is 5.97 Å². The van der Waals surface area contributed by atoms with E-state index in [1.54, 1.807) is 26.0 Å². The van der Waals surface area contributed by atoms with E-state index in [4.69, 9.17) is 10.2 Å². The number of carbonyl (C=O) groups excluding carboxylic acids is 1. The van der Waals surface area contributed by atoms with Gasteiger partial charge in [0.15, 0.2) is 0 Å². The first-order valence-corrected chi connectivity index (χ1v) is 4.37. The van der Waals surface area contributed by atoms with Gasteiger partial charge in [0.1, 0.15) is 5.76 Å². The van der Waals surface area contributed by atoms with E-state index < -0.39 is 11.5 Å². The Kier molecular flexibility index (Phi) is 4.84. The van der Waals surface area contributed by atoms with Gasteiger partial charge in [0.2, 0.25) is 0 Å². The van der Waals surface area contributed by atoms with Crippen LogP contribution in [-0.2, 0) is 9.53 Å². The average molecular weight is 234 g/mol. The van der Waals surface area contributed by atoms with Crippen LogP contribution in [0.25, 0.3) is 0 Å². The predicted molar refractivity (Wildman–Crippen MR) is 58.7 cm³/mol. The normalized spacial score (nSPS) is 12.8. The van der Waals surface area contributed by atoms with Gasteiger partial charge in [0.05, 0.1) is 24.8 Å². The molecule has 2 N–H and O–H groups in total. The number of hydrogen-bond acceptors (Lipinski definition) is 4. The maximum absolute atomic E-state index is 11.4. The SMILES string of the molecule is COC(=O)C(C)(C)[C@@H](N)c1ccco1.Cl. The molecule has 0 radical (unpaired) electrons. The lowest BCUT2D eigenvalue weighted by molar-refractivity contribution is -0.152. The number of rotatable bonds is 3. The minimum absolute atomic E-state index is 0. The van der Waals surface area contributed by atoms with E-state index in [0.717, 1.165) is 0 Å². The Bertz CT molecular complexity index is 308. The average Bonchev–Trinajstić information content (AvgIpc) is 2.67. The fourth-order valence-electron chi connectivity index (χ4n) is 1.21. The van der Waals surface area contributed by atoms with Crippen molar-refractivity contribution in [2.75, 3.05) is 7.11 Å². The van der Waals surface area contributed by atoms with Crippen LogP contribution in [-0.4, -0.2) is 13.1 Å². The molecule has 1 atom stereocenters. The fourth-order valence-corrected chi connectivity index (χ4v) is 1.21. The van der Waals surface area contributed by atoms with Crippen LogP contribution in [0.3, 0.4) is 0 Å². The van der Waals surface area contributed by atoms with Crippen LogP contribution < -0.4 is 5.73 Å². The molecule has 15 heavy (non-hydrogen) atoms. The van der Waals surface area contributed by atoms with Crippen LogP contribution in [0.1, 0.15) is 25.6 Å². The second kappa shape index (κ2) is 5.19. The molecule has 0 aliphatic carbocycles. The first kappa shape index (κ1) is 14.0. The van der Waals surface area contributed by atoms with E-state index >= 15 is 0 Å². The van der Waals surface area contributed by atoms with Gasteiger partial charge in [-0.25, -0.2) is 0 Å². The summed E-state index contributed by atoms with van der Waals surface area (Å²) in [5.41, 5.74) is 5.11. The molecule has 1 aromatic heterocycles. The highest BCUT2D eigenvalue weighted by molar-refractivity contribution is 5.85. The molecule has 1 aromatic rings. The molecule has 0 aromatic carbocycles. The molecule has 86 valence electrons. The summed E-state index contributed by atoms with van der Waals surface area (Å²) in [5, 5.41) is 0. The number of ether oxygens (including phenoxy) is 1. The van der Waals surface area contributed by atoms with E-state index in [1.165, 1.54) is 13.4 Å². The Morgan fingerprint density at radius 3 is 2.60 bits per heavy atom. The minimum Gasteiger partial charge on any atom is -0.469 e. The molecule has 0 bridgehead atoms. The summed E-state index contributed by atoms with van der Waals surface area (Å²) in [5.74, 6) is 0.238. The molecule has 0 fully saturated rings. The Morgan fingerprint density at radius 1 is 1.60 bits per heavy atom. The third-order valence-corrected chi connectivity index (χ3v) is 2.34. The molecular weight excluding hydrogens is 218 g/mol. The first-order chi connectivity index (χ1) is 6.50. The van der Waals surface area contributed by atoms with Crippen molar-refractivity contribution in [3.63, 3.8) is 0 Å². The number of esters is 1. The van der Waals surface area contributed by atoms with Crippen molar-refractivity contribution < 1.29 is 13.9 Å². The topological polar surface area (TPSA) is 65.5 Å². The summed E-state index contributed by atoms with van der Waals surface area (Å²) in [6.07, 6.45) is 1.53. The number of halogens is 1. The van der Waals surface area contributed by atoms with Crippen molar-refractivity contribution in [1.29, 1.82) is 0 Å². The zero-order chi connectivity index (χ0) is 10.8. The highest BCUT2D eigenvalue weighted by Crippen LogP contribution is 2.32. The molecule has 0 saturated carbocycles. The van der Waals surface area contributed by atoms with Gasteiger partial charge in [0.25, 0.3) is 0 Å². The van der Waals surface area contributed by atoms with Crippen molar-refractivity contribution in [1.82, 2.24) is 0 Å². The van der Waals surface area contributed by atoms with Crippen molar-refractivity contribution in [3.8, 4) is 0 Å². The molecule has 0 spiro atoms. The largest absolute Gasteiger partial charge is 0.469 e. The van der Waals surface area contributed by atoms with Gasteiger partial charge in [0, 0.05) is 0 Å². The van der Waals surface area contributed by atoms with Crippen molar-refractivity contribution in [2.45, 2.75) is 19.9 Å². The summed E-state index contributed by atoms with van der Waals surface area (Å²) in [4.78, 5) is 11.4. The van der Waals surface area contributed by atoms with Crippen LogP contribution >= 0.6 is 12.4 Å². The molecule has 4 nitrogen and oxygen atoms in total. The summed E-state index contributed by atoms with van der Waals surface area (Å²) >= 11 is 0. The first-order valence-electron chi connectivity index (χ1n) is 4.37. The molecule has 5 heteroatoms. The number of carbonyl (C=O) groups is 1. The molecule has 0 unspecified atom stereocenters. The van der Waals surface area contributed by atoms with Gasteiger partial charge < -0.3 is 14.9 Å². The third kappa shape index (κ3) is 2.73. The third-order valence-electron chi connectivity index (χ3n) is 2.34. The van der Waals surface area contributed by atoms with Gasteiger partial charge in [-0.05, 0) is 26.0 Å².